The van der Waals surface area contributed by atoms with E-state index >= 15 is 0 Å². The standard InChI is InChI=1S/C21H17N3O5/c1-12-15-8-13(6-7-17(15)23-20(12)27)18(25)10-29-19(26)9-24-11-22-16-5-3-2-4-14(16)21(24)28/h2-8,11-12H,9-10H2,1H3,(H,23,27)/t12-/m0/s1. The van der Waals surface area contributed by atoms with Crippen LogP contribution in [0.2, 0.25) is 0 Å². The van der Waals surface area contributed by atoms with Gasteiger partial charge in [-0.15, -0.1) is 0 Å². The summed E-state index contributed by atoms with van der Waals surface area (Å²) in [5.74, 6) is -1.57. The van der Waals surface area contributed by atoms with Crippen molar-refractivity contribution in [2.75, 3.05) is 11.9 Å². The fourth-order valence-electron chi connectivity index (χ4n) is 3.22. The number of nitrogens with zero attached hydrogens (tertiary/aromatic N) is 2. The number of Topliss-reactive ketones (excluding diaryl/α,β-unsaturated/α-hetero) is 1. The first kappa shape index (κ1) is 18.5. The van der Waals surface area contributed by atoms with E-state index in [1.54, 1.807) is 49.4 Å². The van der Waals surface area contributed by atoms with Crippen molar-refractivity contribution in [1.82, 2.24) is 9.55 Å². The summed E-state index contributed by atoms with van der Waals surface area (Å²) in [5.41, 5.74) is 1.95. The third-order valence-corrected chi connectivity index (χ3v) is 4.89. The molecule has 1 aromatic heterocycles. The highest BCUT2D eigenvalue weighted by atomic mass is 16.5. The zero-order chi connectivity index (χ0) is 20.5. The van der Waals surface area contributed by atoms with E-state index in [1.165, 1.54) is 6.33 Å². The molecule has 0 bridgehead atoms. The molecule has 1 amide bonds. The van der Waals surface area contributed by atoms with Gasteiger partial charge in [0.05, 0.1) is 23.1 Å². The Kier molecular flexibility index (Phi) is 4.67. The lowest BCUT2D eigenvalue weighted by Crippen LogP contribution is -2.26. The average molecular weight is 391 g/mol. The molecule has 0 radical (unpaired) electrons. The number of hydrogen-bond donors (Lipinski definition) is 1. The number of anilines is 1. The van der Waals surface area contributed by atoms with Gasteiger partial charge < -0.3 is 10.1 Å². The Balaban J connectivity index is 1.42. The van der Waals surface area contributed by atoms with Gasteiger partial charge in [0.15, 0.2) is 12.4 Å². The molecule has 1 aliphatic heterocycles. The number of ketones is 1. The molecule has 0 saturated carbocycles. The summed E-state index contributed by atoms with van der Waals surface area (Å²) >= 11 is 0. The van der Waals surface area contributed by atoms with Gasteiger partial charge in [-0.05, 0) is 42.8 Å². The quantitative estimate of drug-likeness (QED) is 0.526. The van der Waals surface area contributed by atoms with E-state index in [4.69, 9.17) is 4.74 Å². The number of hydrogen-bond acceptors (Lipinski definition) is 6. The van der Waals surface area contributed by atoms with Crippen LogP contribution in [0, 0.1) is 0 Å². The highest BCUT2D eigenvalue weighted by Crippen LogP contribution is 2.32. The number of ether oxygens (including phenoxy) is 1. The normalized spacial score (nSPS) is 15.1. The van der Waals surface area contributed by atoms with Crippen LogP contribution in [0.3, 0.4) is 0 Å². The number of fused-ring (bicyclic) bond motifs is 2. The Morgan fingerprint density at radius 3 is 2.79 bits per heavy atom. The van der Waals surface area contributed by atoms with Crippen molar-refractivity contribution in [3.05, 3.63) is 70.3 Å². The van der Waals surface area contributed by atoms with Gasteiger partial charge in [0.1, 0.15) is 6.54 Å². The minimum Gasteiger partial charge on any atom is -0.456 e. The maximum absolute atomic E-state index is 12.4. The van der Waals surface area contributed by atoms with Crippen LogP contribution in [-0.4, -0.2) is 33.8 Å². The topological polar surface area (TPSA) is 107 Å². The summed E-state index contributed by atoms with van der Waals surface area (Å²) in [6.45, 7) is 0.956. The van der Waals surface area contributed by atoms with E-state index in [2.05, 4.69) is 10.3 Å². The molecule has 1 atom stereocenters. The minimum absolute atomic E-state index is 0.120. The second-order valence-corrected chi connectivity index (χ2v) is 6.79. The van der Waals surface area contributed by atoms with Crippen molar-refractivity contribution in [3.63, 3.8) is 0 Å². The van der Waals surface area contributed by atoms with Gasteiger partial charge in [-0.1, -0.05) is 12.1 Å². The first-order valence-electron chi connectivity index (χ1n) is 9.02. The highest BCUT2D eigenvalue weighted by molar-refractivity contribution is 6.05. The monoisotopic (exact) mass is 391 g/mol. The number of carbonyl (C=O) groups is 3. The molecular weight excluding hydrogens is 374 g/mol. The van der Waals surface area contributed by atoms with Crippen molar-refractivity contribution in [1.29, 1.82) is 0 Å². The van der Waals surface area contributed by atoms with Gasteiger partial charge in [-0.25, -0.2) is 4.98 Å². The van der Waals surface area contributed by atoms with Crippen LogP contribution >= 0.6 is 0 Å². The minimum atomic E-state index is -0.719. The van der Waals surface area contributed by atoms with Gasteiger partial charge in [-0.2, -0.15) is 0 Å². The van der Waals surface area contributed by atoms with E-state index < -0.39 is 18.4 Å². The molecule has 1 N–H and O–H groups in total. The number of para-hydroxylation sites is 1. The molecule has 8 heteroatoms. The SMILES string of the molecule is C[C@@H]1C(=O)Nc2ccc(C(=O)COC(=O)Cn3cnc4ccccc4c3=O)cc21. The second kappa shape index (κ2) is 7.31. The van der Waals surface area contributed by atoms with E-state index in [0.29, 0.717) is 22.2 Å². The third-order valence-electron chi connectivity index (χ3n) is 4.89. The molecule has 0 spiro atoms. The number of aromatic nitrogens is 2. The molecule has 0 unspecified atom stereocenters. The second-order valence-electron chi connectivity index (χ2n) is 6.79. The predicted molar refractivity (Wildman–Crippen MR) is 105 cm³/mol. The number of esters is 1. The van der Waals surface area contributed by atoms with Crippen LogP contribution in [0.4, 0.5) is 5.69 Å². The van der Waals surface area contributed by atoms with Gasteiger partial charge in [0, 0.05) is 11.3 Å². The first-order valence-corrected chi connectivity index (χ1v) is 9.02. The van der Waals surface area contributed by atoms with Crippen molar-refractivity contribution in [2.45, 2.75) is 19.4 Å². The summed E-state index contributed by atoms with van der Waals surface area (Å²) in [4.78, 5) is 52.7. The summed E-state index contributed by atoms with van der Waals surface area (Å²) < 4.78 is 6.18. The van der Waals surface area contributed by atoms with Gasteiger partial charge in [-0.3, -0.25) is 23.7 Å². The maximum atomic E-state index is 12.4. The van der Waals surface area contributed by atoms with Crippen LogP contribution in [0.5, 0.6) is 0 Å². The molecule has 8 nitrogen and oxygen atoms in total. The Hall–Kier alpha value is -3.81. The van der Waals surface area contributed by atoms with E-state index in [-0.39, 0.29) is 23.9 Å². The fraction of sp³-hybridized carbons (Fsp3) is 0.190. The van der Waals surface area contributed by atoms with Gasteiger partial charge in [0.2, 0.25) is 5.91 Å². The van der Waals surface area contributed by atoms with Crippen LogP contribution in [0.1, 0.15) is 28.8 Å². The smallest absolute Gasteiger partial charge is 0.326 e. The highest BCUT2D eigenvalue weighted by Gasteiger charge is 2.27. The van der Waals surface area contributed by atoms with Crippen molar-refractivity contribution in [3.8, 4) is 0 Å². The van der Waals surface area contributed by atoms with Crippen LogP contribution in [0.15, 0.2) is 53.6 Å². The molecule has 0 aliphatic carbocycles. The van der Waals surface area contributed by atoms with Gasteiger partial charge in [0.25, 0.3) is 5.56 Å². The lowest BCUT2D eigenvalue weighted by Gasteiger charge is -2.08. The molecular formula is C21H17N3O5. The molecule has 1 aliphatic rings. The third kappa shape index (κ3) is 3.52. The summed E-state index contributed by atoms with van der Waals surface area (Å²) in [7, 11) is 0. The van der Waals surface area contributed by atoms with E-state index in [1.807, 2.05) is 0 Å². The number of amides is 1. The Bertz CT molecular complexity index is 1210. The Morgan fingerprint density at radius 1 is 1.17 bits per heavy atom. The first-order chi connectivity index (χ1) is 13.9. The lowest BCUT2D eigenvalue weighted by atomic mass is 9.99. The van der Waals surface area contributed by atoms with Crippen molar-refractivity contribution >= 4 is 34.3 Å². The fourth-order valence-corrected chi connectivity index (χ4v) is 3.22. The zero-order valence-electron chi connectivity index (χ0n) is 15.5. The van der Waals surface area contributed by atoms with Crippen molar-refractivity contribution < 1.29 is 19.1 Å². The molecule has 0 saturated heterocycles. The molecule has 146 valence electrons. The average Bonchev–Trinajstić information content (AvgIpc) is 3.02. The molecule has 0 fully saturated rings. The number of benzene rings is 2. The summed E-state index contributed by atoms with van der Waals surface area (Å²) in [5, 5.41) is 3.13. The number of nitrogens with one attached hydrogen (secondary N) is 1. The van der Waals surface area contributed by atoms with Crippen molar-refractivity contribution in [2.24, 2.45) is 0 Å². The Morgan fingerprint density at radius 2 is 1.97 bits per heavy atom. The number of rotatable bonds is 5. The van der Waals surface area contributed by atoms with Gasteiger partial charge >= 0.3 is 5.97 Å². The van der Waals surface area contributed by atoms with Crippen LogP contribution < -0.4 is 10.9 Å². The molecule has 4 rings (SSSR count). The number of carbonyl (C=O) groups excluding carboxylic acids is 3. The Labute approximate surface area is 165 Å². The summed E-state index contributed by atoms with van der Waals surface area (Å²) in [6.07, 6.45) is 1.28. The lowest BCUT2D eigenvalue weighted by molar-refractivity contribution is -0.143. The molecule has 3 aromatic rings. The maximum Gasteiger partial charge on any atom is 0.326 e. The van der Waals surface area contributed by atoms with Crippen LogP contribution in [-0.2, 0) is 20.9 Å². The van der Waals surface area contributed by atoms with Crippen LogP contribution in [0.25, 0.3) is 10.9 Å². The summed E-state index contributed by atoms with van der Waals surface area (Å²) in [6, 6.07) is 11.7. The molecule has 2 heterocycles. The molecule has 2 aromatic carbocycles. The van der Waals surface area contributed by atoms with E-state index in [9.17, 15) is 19.2 Å². The zero-order valence-corrected chi connectivity index (χ0v) is 15.5. The van der Waals surface area contributed by atoms with E-state index in [0.717, 1.165) is 10.1 Å². The largest absolute Gasteiger partial charge is 0.456 e. The predicted octanol–water partition coefficient (Wildman–Crippen LogP) is 1.88. The molecule has 29 heavy (non-hydrogen) atoms.